The third-order valence-electron chi connectivity index (χ3n) is 3.76. The second-order valence-corrected chi connectivity index (χ2v) is 5.79. The lowest BCUT2D eigenvalue weighted by molar-refractivity contribution is 0.0697. The van der Waals surface area contributed by atoms with E-state index < -0.39 is 17.9 Å². The number of hydrogen-bond donors (Lipinski definition) is 3. The van der Waals surface area contributed by atoms with Gasteiger partial charge in [-0.2, -0.15) is 5.10 Å². The number of aryl methyl sites for hydroxylation is 1. The van der Waals surface area contributed by atoms with Gasteiger partial charge in [-0.3, -0.25) is 9.67 Å². The fraction of sp³-hybridized carbons (Fsp3) is 0.235. The molecule has 0 aliphatic rings. The number of aliphatic hydroxyl groups is 1. The molecule has 1 atom stereocenters. The Bertz CT molecular complexity index is 952. The maximum Gasteiger partial charge on any atom is 0.337 e. The summed E-state index contributed by atoms with van der Waals surface area (Å²) in [6.45, 7) is 3.52. The van der Waals surface area contributed by atoms with Gasteiger partial charge in [-0.1, -0.05) is 0 Å². The van der Waals surface area contributed by atoms with Crippen molar-refractivity contribution < 1.29 is 19.4 Å². The van der Waals surface area contributed by atoms with Crippen LogP contribution in [0.4, 0.5) is 15.9 Å². The third kappa shape index (κ3) is 3.29. The van der Waals surface area contributed by atoms with Crippen LogP contribution >= 0.6 is 0 Å². The molecular weight excluding hydrogens is 327 g/mol. The molecule has 25 heavy (non-hydrogen) atoms. The van der Waals surface area contributed by atoms with E-state index in [0.717, 1.165) is 0 Å². The Hall–Kier alpha value is -3.00. The molecule has 0 spiro atoms. The number of aliphatic hydroxyl groups excluding tert-OH is 1. The van der Waals surface area contributed by atoms with Gasteiger partial charge in [0.25, 0.3) is 0 Å². The van der Waals surface area contributed by atoms with Crippen LogP contribution in [0.25, 0.3) is 10.9 Å². The van der Waals surface area contributed by atoms with Gasteiger partial charge in [-0.25, -0.2) is 9.18 Å². The first-order valence-corrected chi connectivity index (χ1v) is 7.67. The number of carboxylic acid groups (broad SMARTS) is 1. The minimum Gasteiger partial charge on any atom is -0.478 e. The number of nitrogens with zero attached hydrogens (tertiary/aromatic N) is 3. The normalized spacial score (nSPS) is 12.3. The lowest BCUT2D eigenvalue weighted by Gasteiger charge is -2.10. The summed E-state index contributed by atoms with van der Waals surface area (Å²) >= 11 is 0. The Balaban J connectivity index is 2.14. The Labute approximate surface area is 142 Å². The fourth-order valence-corrected chi connectivity index (χ4v) is 2.65. The van der Waals surface area contributed by atoms with E-state index in [2.05, 4.69) is 15.4 Å². The number of fused-ring (bicyclic) bond motifs is 1. The summed E-state index contributed by atoms with van der Waals surface area (Å²) in [6, 6.07) is 5.58. The molecule has 3 aromatic rings. The minimum atomic E-state index is -1.10. The summed E-state index contributed by atoms with van der Waals surface area (Å²) in [5.41, 5.74) is 1.45. The lowest BCUT2D eigenvalue weighted by atomic mass is 10.1. The highest BCUT2D eigenvalue weighted by Crippen LogP contribution is 2.29. The van der Waals surface area contributed by atoms with Gasteiger partial charge in [0.2, 0.25) is 0 Å². The number of aromatic nitrogens is 3. The van der Waals surface area contributed by atoms with Gasteiger partial charge in [0.1, 0.15) is 5.82 Å². The summed E-state index contributed by atoms with van der Waals surface area (Å²) in [5, 5.41) is 26.8. The van der Waals surface area contributed by atoms with Crippen molar-refractivity contribution >= 4 is 28.4 Å². The molecule has 0 bridgehead atoms. The minimum absolute atomic E-state index is 0.0436. The molecule has 0 aliphatic heterocycles. The first kappa shape index (κ1) is 16.8. The van der Waals surface area contributed by atoms with Crippen LogP contribution in [0.1, 0.15) is 23.0 Å². The van der Waals surface area contributed by atoms with Gasteiger partial charge in [-0.15, -0.1) is 0 Å². The third-order valence-corrected chi connectivity index (χ3v) is 3.76. The van der Waals surface area contributed by atoms with Crippen LogP contribution < -0.4 is 5.32 Å². The molecule has 1 unspecified atom stereocenters. The number of nitrogens with one attached hydrogen (secondary N) is 1. The molecule has 3 rings (SSSR count). The van der Waals surface area contributed by atoms with E-state index in [0.29, 0.717) is 28.1 Å². The van der Waals surface area contributed by atoms with Crippen molar-refractivity contribution in [3.63, 3.8) is 0 Å². The molecule has 7 nitrogen and oxygen atoms in total. The maximum absolute atomic E-state index is 13.7. The first-order chi connectivity index (χ1) is 11.9. The van der Waals surface area contributed by atoms with E-state index in [1.165, 1.54) is 24.4 Å². The van der Waals surface area contributed by atoms with E-state index in [1.54, 1.807) is 24.6 Å². The standard InChI is InChI=1S/C17H17FN4O3/c1-9(23)8-22-14-4-3-11(18)7-13(14)16(21-22)20-15-10(2)19-6-5-12(15)17(24)25/h3-7,9,23H,8H2,1-2H3,(H,20,21)(H,24,25). The van der Waals surface area contributed by atoms with Crippen LogP contribution in [0.3, 0.4) is 0 Å². The second kappa shape index (κ2) is 6.48. The predicted molar refractivity (Wildman–Crippen MR) is 90.6 cm³/mol. The second-order valence-electron chi connectivity index (χ2n) is 5.79. The maximum atomic E-state index is 13.7. The molecule has 0 saturated heterocycles. The monoisotopic (exact) mass is 344 g/mol. The summed E-state index contributed by atoms with van der Waals surface area (Å²) in [4.78, 5) is 15.5. The summed E-state index contributed by atoms with van der Waals surface area (Å²) in [5.74, 6) is -1.24. The molecule has 0 fully saturated rings. The van der Waals surface area contributed by atoms with Gasteiger partial charge in [-0.05, 0) is 38.1 Å². The van der Waals surface area contributed by atoms with E-state index in [9.17, 15) is 19.4 Å². The van der Waals surface area contributed by atoms with Crippen LogP contribution in [0.2, 0.25) is 0 Å². The van der Waals surface area contributed by atoms with Crippen molar-refractivity contribution in [3.05, 3.63) is 47.5 Å². The van der Waals surface area contributed by atoms with E-state index in [-0.39, 0.29) is 12.1 Å². The SMILES string of the molecule is Cc1nccc(C(=O)O)c1Nc1nn(CC(C)O)c2ccc(F)cc12. The lowest BCUT2D eigenvalue weighted by Crippen LogP contribution is -2.13. The Kier molecular flexibility index (Phi) is 4.37. The average Bonchev–Trinajstić information content (AvgIpc) is 2.85. The number of benzene rings is 1. The first-order valence-electron chi connectivity index (χ1n) is 7.67. The Morgan fingerprint density at radius 3 is 2.84 bits per heavy atom. The zero-order chi connectivity index (χ0) is 18.1. The summed E-state index contributed by atoms with van der Waals surface area (Å²) < 4.78 is 15.2. The molecule has 130 valence electrons. The van der Waals surface area contributed by atoms with Gasteiger partial charge < -0.3 is 15.5 Å². The molecule has 3 N–H and O–H groups in total. The van der Waals surface area contributed by atoms with Crippen LogP contribution in [0, 0.1) is 12.7 Å². The van der Waals surface area contributed by atoms with Crippen molar-refractivity contribution in [1.82, 2.24) is 14.8 Å². The van der Waals surface area contributed by atoms with Crippen LogP contribution in [0.5, 0.6) is 0 Å². The van der Waals surface area contributed by atoms with Crippen molar-refractivity contribution in [2.75, 3.05) is 5.32 Å². The summed E-state index contributed by atoms with van der Waals surface area (Å²) in [7, 11) is 0. The molecular formula is C17H17FN4O3. The largest absolute Gasteiger partial charge is 0.478 e. The number of aromatic carboxylic acids is 1. The van der Waals surface area contributed by atoms with Crippen LogP contribution in [0.15, 0.2) is 30.5 Å². The van der Waals surface area contributed by atoms with Gasteiger partial charge in [0, 0.05) is 11.6 Å². The number of halogens is 1. The fourth-order valence-electron chi connectivity index (χ4n) is 2.65. The predicted octanol–water partition coefficient (Wildman–Crippen LogP) is 2.70. The quantitative estimate of drug-likeness (QED) is 0.658. The zero-order valence-corrected chi connectivity index (χ0v) is 13.7. The van der Waals surface area contributed by atoms with Crippen LogP contribution in [-0.2, 0) is 6.54 Å². The van der Waals surface area contributed by atoms with Gasteiger partial charge in [0.05, 0.1) is 35.1 Å². The highest BCUT2D eigenvalue weighted by atomic mass is 19.1. The Morgan fingerprint density at radius 1 is 1.40 bits per heavy atom. The molecule has 8 heteroatoms. The van der Waals surface area contributed by atoms with Crippen molar-refractivity contribution in [2.24, 2.45) is 0 Å². The topological polar surface area (TPSA) is 100 Å². The highest BCUT2D eigenvalue weighted by Gasteiger charge is 2.18. The number of hydrogen-bond acceptors (Lipinski definition) is 5. The Morgan fingerprint density at radius 2 is 2.16 bits per heavy atom. The molecule has 0 amide bonds. The molecule has 2 heterocycles. The van der Waals surface area contributed by atoms with E-state index >= 15 is 0 Å². The van der Waals surface area contributed by atoms with Crippen molar-refractivity contribution in [2.45, 2.75) is 26.5 Å². The molecule has 0 aliphatic carbocycles. The number of carboxylic acids is 1. The molecule has 1 aromatic carbocycles. The number of carbonyl (C=O) groups is 1. The smallest absolute Gasteiger partial charge is 0.337 e. The zero-order valence-electron chi connectivity index (χ0n) is 13.7. The van der Waals surface area contributed by atoms with E-state index in [1.807, 2.05) is 0 Å². The average molecular weight is 344 g/mol. The molecule has 0 saturated carbocycles. The molecule has 2 aromatic heterocycles. The van der Waals surface area contributed by atoms with Gasteiger partial charge in [0.15, 0.2) is 5.82 Å². The number of anilines is 2. The van der Waals surface area contributed by atoms with Crippen molar-refractivity contribution in [1.29, 1.82) is 0 Å². The number of pyridine rings is 1. The highest BCUT2D eigenvalue weighted by molar-refractivity contribution is 5.98. The number of rotatable bonds is 5. The van der Waals surface area contributed by atoms with E-state index in [4.69, 9.17) is 0 Å². The van der Waals surface area contributed by atoms with Crippen LogP contribution in [-0.4, -0.2) is 37.1 Å². The molecule has 0 radical (unpaired) electrons. The van der Waals surface area contributed by atoms with Gasteiger partial charge >= 0.3 is 5.97 Å². The summed E-state index contributed by atoms with van der Waals surface area (Å²) in [6.07, 6.45) is 0.768. The van der Waals surface area contributed by atoms with Crippen molar-refractivity contribution in [3.8, 4) is 0 Å².